The molecule has 0 radical (unpaired) electrons. The fourth-order valence-corrected chi connectivity index (χ4v) is 1.27. The Kier molecular flexibility index (Phi) is 4.62. The Hall–Kier alpha value is -0.140. The second-order valence-corrected chi connectivity index (χ2v) is 2.91. The molecule has 0 nitrogen and oxygen atoms in total. The van der Waals surface area contributed by atoms with Gasteiger partial charge in [-0.1, -0.05) is 27.2 Å². The predicted molar refractivity (Wildman–Crippen MR) is 43.9 cm³/mol. The first-order valence-corrected chi connectivity index (χ1v) is 4.51. The van der Waals surface area contributed by atoms with Gasteiger partial charge >= 0.3 is 0 Å². The minimum atomic E-state index is -2.36. The van der Waals surface area contributed by atoms with E-state index in [4.69, 9.17) is 0 Å². The van der Waals surface area contributed by atoms with Crippen molar-refractivity contribution in [2.45, 2.75) is 52.4 Å². The Labute approximate surface area is 68.0 Å². The molecule has 0 aliphatic heterocycles. The molecule has 1 rings (SSSR count). The lowest BCUT2D eigenvalue weighted by Gasteiger charge is -2.27. The van der Waals surface area contributed by atoms with E-state index in [1.165, 1.54) is 0 Å². The monoisotopic (exact) mass is 164 g/mol. The van der Waals surface area contributed by atoms with Gasteiger partial charge in [0.15, 0.2) is 0 Å². The number of hydrogen-bond acceptors (Lipinski definition) is 0. The van der Waals surface area contributed by atoms with E-state index in [1.807, 2.05) is 13.8 Å². The molecule has 0 N–H and O–H groups in total. The van der Waals surface area contributed by atoms with Gasteiger partial charge in [-0.3, -0.25) is 0 Å². The molecule has 1 unspecified atom stereocenters. The van der Waals surface area contributed by atoms with Gasteiger partial charge in [-0.15, -0.1) is 0 Å². The van der Waals surface area contributed by atoms with Gasteiger partial charge < -0.3 is 0 Å². The van der Waals surface area contributed by atoms with Gasteiger partial charge in [-0.2, -0.15) is 0 Å². The number of alkyl halides is 2. The Morgan fingerprint density at radius 3 is 2.00 bits per heavy atom. The van der Waals surface area contributed by atoms with E-state index >= 15 is 0 Å². The van der Waals surface area contributed by atoms with Crippen molar-refractivity contribution in [3.8, 4) is 0 Å². The van der Waals surface area contributed by atoms with Crippen LogP contribution in [0.4, 0.5) is 8.78 Å². The molecule has 1 aliphatic carbocycles. The highest BCUT2D eigenvalue weighted by Gasteiger charge is 2.37. The van der Waals surface area contributed by atoms with Crippen LogP contribution in [0.15, 0.2) is 0 Å². The molecule has 1 saturated carbocycles. The molecule has 0 saturated heterocycles. The van der Waals surface area contributed by atoms with E-state index in [0.717, 1.165) is 6.42 Å². The summed E-state index contributed by atoms with van der Waals surface area (Å²) in [5.74, 6) is -2.75. The van der Waals surface area contributed by atoms with Gasteiger partial charge in [0.1, 0.15) is 0 Å². The third kappa shape index (κ3) is 3.17. The highest BCUT2D eigenvalue weighted by Crippen LogP contribution is 2.37. The molecule has 2 heteroatoms. The third-order valence-electron chi connectivity index (χ3n) is 2.12. The molecule has 1 fully saturated rings. The van der Waals surface area contributed by atoms with Crippen molar-refractivity contribution in [3.63, 3.8) is 0 Å². The number of halogens is 2. The van der Waals surface area contributed by atoms with E-state index in [9.17, 15) is 8.78 Å². The zero-order valence-electron chi connectivity index (χ0n) is 7.66. The molecule has 1 atom stereocenters. The van der Waals surface area contributed by atoms with Crippen LogP contribution in [0.1, 0.15) is 46.5 Å². The van der Waals surface area contributed by atoms with Gasteiger partial charge in [0.25, 0.3) is 5.92 Å². The summed E-state index contributed by atoms with van der Waals surface area (Å²) in [5, 5.41) is 0. The van der Waals surface area contributed by atoms with Gasteiger partial charge in [0.2, 0.25) is 0 Å². The predicted octanol–water partition coefficient (Wildman–Crippen LogP) is 3.86. The highest BCUT2D eigenvalue weighted by atomic mass is 19.3. The normalized spacial score (nSPS) is 28.6. The first kappa shape index (κ1) is 10.9. The Balaban J connectivity index is 0.000000461. The summed E-state index contributed by atoms with van der Waals surface area (Å²) in [6.07, 6.45) is 2.50. The summed E-state index contributed by atoms with van der Waals surface area (Å²) < 4.78 is 25.2. The molecule has 0 amide bonds. The minimum Gasteiger partial charge on any atom is -0.207 e. The molecule has 0 aromatic heterocycles. The van der Waals surface area contributed by atoms with Crippen molar-refractivity contribution < 1.29 is 8.78 Å². The third-order valence-corrected chi connectivity index (χ3v) is 2.12. The summed E-state index contributed by atoms with van der Waals surface area (Å²) in [7, 11) is 0. The second-order valence-electron chi connectivity index (χ2n) is 2.91. The zero-order chi connectivity index (χ0) is 8.91. The van der Waals surface area contributed by atoms with Crippen LogP contribution in [0.25, 0.3) is 0 Å². The first-order chi connectivity index (χ1) is 5.13. The maximum atomic E-state index is 12.6. The van der Waals surface area contributed by atoms with E-state index in [2.05, 4.69) is 0 Å². The highest BCUT2D eigenvalue weighted by molar-refractivity contribution is 4.77. The Morgan fingerprint density at radius 2 is 1.73 bits per heavy atom. The van der Waals surface area contributed by atoms with E-state index in [1.54, 1.807) is 6.92 Å². The second kappa shape index (κ2) is 4.68. The Bertz CT molecular complexity index is 99.7. The molecule has 68 valence electrons. The molecular weight excluding hydrogens is 146 g/mol. The number of hydrogen-bond donors (Lipinski definition) is 0. The van der Waals surface area contributed by atoms with Crippen molar-refractivity contribution in [3.05, 3.63) is 0 Å². The number of rotatable bonds is 0. The van der Waals surface area contributed by atoms with Crippen LogP contribution in [-0.4, -0.2) is 5.92 Å². The maximum absolute atomic E-state index is 12.6. The van der Waals surface area contributed by atoms with Crippen LogP contribution in [0.5, 0.6) is 0 Å². The van der Waals surface area contributed by atoms with E-state index < -0.39 is 5.92 Å². The van der Waals surface area contributed by atoms with Crippen LogP contribution in [-0.2, 0) is 0 Å². The molecule has 0 heterocycles. The zero-order valence-corrected chi connectivity index (χ0v) is 7.66. The van der Waals surface area contributed by atoms with Gasteiger partial charge in [0, 0.05) is 12.3 Å². The first-order valence-electron chi connectivity index (χ1n) is 4.51. The lowest BCUT2D eigenvalue weighted by Crippen LogP contribution is -2.29. The van der Waals surface area contributed by atoms with Gasteiger partial charge in [-0.25, -0.2) is 8.78 Å². The maximum Gasteiger partial charge on any atom is 0.250 e. The largest absolute Gasteiger partial charge is 0.250 e. The summed E-state index contributed by atoms with van der Waals surface area (Å²) in [5.41, 5.74) is 0. The van der Waals surface area contributed by atoms with Crippen LogP contribution in [0.2, 0.25) is 0 Å². The smallest absolute Gasteiger partial charge is 0.207 e. The van der Waals surface area contributed by atoms with Crippen LogP contribution >= 0.6 is 0 Å². The van der Waals surface area contributed by atoms with Gasteiger partial charge in [-0.05, 0) is 12.8 Å². The summed E-state index contributed by atoms with van der Waals surface area (Å²) >= 11 is 0. The average Bonchev–Trinajstić information content (AvgIpc) is 2.00. The van der Waals surface area contributed by atoms with Crippen molar-refractivity contribution in [2.75, 3.05) is 0 Å². The summed E-state index contributed by atoms with van der Waals surface area (Å²) in [6, 6.07) is 0. The lowest BCUT2D eigenvalue weighted by molar-refractivity contribution is -0.0783. The lowest BCUT2D eigenvalue weighted by atomic mass is 9.87. The van der Waals surface area contributed by atoms with Gasteiger partial charge in [0.05, 0.1) is 0 Å². The minimum absolute atomic E-state index is 0.105. The molecule has 1 aliphatic rings. The molecule has 0 aromatic rings. The van der Waals surface area contributed by atoms with Crippen LogP contribution < -0.4 is 0 Å². The Morgan fingerprint density at radius 1 is 1.18 bits per heavy atom. The topological polar surface area (TPSA) is 0 Å². The average molecular weight is 164 g/mol. The van der Waals surface area contributed by atoms with Crippen LogP contribution in [0.3, 0.4) is 0 Å². The molecular formula is C9H18F2. The van der Waals surface area contributed by atoms with Crippen molar-refractivity contribution in [2.24, 2.45) is 5.92 Å². The fourth-order valence-electron chi connectivity index (χ4n) is 1.27. The van der Waals surface area contributed by atoms with E-state index in [-0.39, 0.29) is 12.3 Å². The molecule has 0 aromatic carbocycles. The van der Waals surface area contributed by atoms with Crippen molar-refractivity contribution in [1.29, 1.82) is 0 Å². The summed E-state index contributed by atoms with van der Waals surface area (Å²) in [6.45, 7) is 5.64. The molecule has 0 bridgehead atoms. The quantitative estimate of drug-likeness (QED) is 0.510. The summed E-state index contributed by atoms with van der Waals surface area (Å²) in [4.78, 5) is 0. The SMILES string of the molecule is CC.CC1CCCCC1(F)F. The molecule has 11 heavy (non-hydrogen) atoms. The van der Waals surface area contributed by atoms with Crippen molar-refractivity contribution in [1.82, 2.24) is 0 Å². The van der Waals surface area contributed by atoms with Crippen LogP contribution in [0, 0.1) is 5.92 Å². The van der Waals surface area contributed by atoms with E-state index in [0.29, 0.717) is 12.8 Å². The van der Waals surface area contributed by atoms with Crippen molar-refractivity contribution >= 4 is 0 Å². The standard InChI is InChI=1S/C7H12F2.C2H6/c1-6-4-2-3-5-7(6,8)9;1-2/h6H,2-5H2,1H3;1-2H3. The molecule has 0 spiro atoms. The fraction of sp³-hybridized carbons (Fsp3) is 1.00.